The molecule has 1 fully saturated rings. The van der Waals surface area contributed by atoms with Crippen LogP contribution in [-0.4, -0.2) is 34.0 Å². The molecule has 2 rings (SSSR count). The molecule has 1 aliphatic carbocycles. The fourth-order valence-electron chi connectivity index (χ4n) is 3.17. The molecule has 2 N–H and O–H groups in total. The quantitative estimate of drug-likeness (QED) is 0.757. The van der Waals surface area contributed by atoms with Crippen LogP contribution >= 0.6 is 0 Å². The van der Waals surface area contributed by atoms with E-state index in [0.29, 0.717) is 19.3 Å². The molecule has 1 heterocycles. The highest BCUT2D eigenvalue weighted by molar-refractivity contribution is 5.41. The largest absolute Gasteiger partial charge is 0.488 e. The highest BCUT2D eigenvalue weighted by Crippen LogP contribution is 2.38. The van der Waals surface area contributed by atoms with Gasteiger partial charge in [-0.2, -0.15) is 13.2 Å². The second-order valence-electron chi connectivity index (χ2n) is 8.56. The molecule has 0 amide bonds. The Morgan fingerprint density at radius 1 is 1.22 bits per heavy atom. The summed E-state index contributed by atoms with van der Waals surface area (Å²) in [5, 5.41) is 18.7. The lowest BCUT2D eigenvalue weighted by molar-refractivity contribution is -0.140. The molecule has 0 atom stereocenters. The molecule has 7 heteroatoms. The van der Waals surface area contributed by atoms with E-state index in [1.165, 1.54) is 0 Å². The van der Waals surface area contributed by atoms with Gasteiger partial charge in [-0.3, -0.25) is 0 Å². The predicted octanol–water partition coefficient (Wildman–Crippen LogP) is 3.79. The van der Waals surface area contributed by atoms with Gasteiger partial charge >= 0.3 is 6.18 Å². The zero-order valence-electron chi connectivity index (χ0n) is 16.0. The molecule has 1 aliphatic rings. The van der Waals surface area contributed by atoms with E-state index in [4.69, 9.17) is 4.74 Å². The molecule has 0 aromatic carbocycles. The minimum Gasteiger partial charge on any atom is -0.488 e. The van der Waals surface area contributed by atoms with Gasteiger partial charge in [-0.1, -0.05) is 19.8 Å². The molecule has 150 valence electrons. The van der Waals surface area contributed by atoms with Gasteiger partial charge in [-0.25, -0.2) is 4.98 Å². The molecule has 0 aliphatic heterocycles. The Kier molecular flexibility index (Phi) is 6.13. The molecule has 0 radical (unpaired) electrons. The summed E-state index contributed by atoms with van der Waals surface area (Å²) in [6.07, 6.45) is -3.29. The van der Waals surface area contributed by atoms with Gasteiger partial charge < -0.3 is 14.9 Å². The highest BCUT2D eigenvalue weighted by Gasteiger charge is 2.37. The van der Waals surface area contributed by atoms with E-state index >= 15 is 0 Å². The lowest BCUT2D eigenvalue weighted by atomic mass is 9.76. The molecule has 27 heavy (non-hydrogen) atoms. The summed E-state index contributed by atoms with van der Waals surface area (Å²) < 4.78 is 45.5. The van der Waals surface area contributed by atoms with Crippen LogP contribution in [0.5, 0.6) is 5.75 Å². The molecule has 1 aromatic heterocycles. The monoisotopic (exact) mass is 385 g/mol. The Hall–Kier alpha value is -1.78. The molecule has 1 aromatic rings. The van der Waals surface area contributed by atoms with E-state index in [9.17, 15) is 23.4 Å². The number of halogens is 3. The van der Waals surface area contributed by atoms with Gasteiger partial charge in [-0.15, -0.1) is 0 Å². The predicted molar refractivity (Wildman–Crippen MR) is 95.0 cm³/mol. The average molecular weight is 385 g/mol. The van der Waals surface area contributed by atoms with Crippen LogP contribution in [0, 0.1) is 22.7 Å². The maximum Gasteiger partial charge on any atom is 0.420 e. The molecule has 1 saturated carbocycles. The molecule has 0 bridgehead atoms. The summed E-state index contributed by atoms with van der Waals surface area (Å²) in [6, 6.07) is 0.894. The van der Waals surface area contributed by atoms with Crippen LogP contribution < -0.4 is 4.74 Å². The zero-order chi connectivity index (χ0) is 20.5. The van der Waals surface area contributed by atoms with E-state index in [0.717, 1.165) is 12.3 Å². The summed E-state index contributed by atoms with van der Waals surface area (Å²) in [5.74, 6) is 5.35. The van der Waals surface area contributed by atoms with Crippen LogP contribution in [0.2, 0.25) is 0 Å². The minimum atomic E-state index is -4.59. The number of aromatic nitrogens is 1. The van der Waals surface area contributed by atoms with Crippen molar-refractivity contribution in [3.05, 3.63) is 23.5 Å². The standard InChI is InChI=1S/C20H26F3NO3/c1-18(2,11-19(3,4)12-25)6-5-13-7-16(20(21,22)23)17(10-24-13)27-15-8-14(26)9-15/h7,10,14-15,25-26H,8-9,11-12H2,1-4H3. The fourth-order valence-corrected chi connectivity index (χ4v) is 3.17. The fraction of sp³-hybridized carbons (Fsp3) is 0.650. The Morgan fingerprint density at radius 3 is 2.37 bits per heavy atom. The molecule has 4 nitrogen and oxygen atoms in total. The van der Waals surface area contributed by atoms with Crippen molar-refractivity contribution in [2.24, 2.45) is 10.8 Å². The van der Waals surface area contributed by atoms with Gasteiger partial charge in [0.15, 0.2) is 0 Å². The highest BCUT2D eigenvalue weighted by atomic mass is 19.4. The van der Waals surface area contributed by atoms with E-state index in [1.54, 1.807) is 0 Å². The van der Waals surface area contributed by atoms with Crippen molar-refractivity contribution >= 4 is 0 Å². The summed E-state index contributed by atoms with van der Waals surface area (Å²) >= 11 is 0. The van der Waals surface area contributed by atoms with Crippen LogP contribution in [0.3, 0.4) is 0 Å². The summed E-state index contributed by atoms with van der Waals surface area (Å²) in [4.78, 5) is 3.99. The van der Waals surface area contributed by atoms with Crippen LogP contribution in [0.25, 0.3) is 0 Å². The number of alkyl halides is 3. The third-order valence-electron chi connectivity index (χ3n) is 4.41. The first kappa shape index (κ1) is 21.5. The Labute approximate surface area is 157 Å². The van der Waals surface area contributed by atoms with Gasteiger partial charge in [0.1, 0.15) is 23.1 Å². The van der Waals surface area contributed by atoms with Crippen LogP contribution in [0.15, 0.2) is 12.3 Å². The van der Waals surface area contributed by atoms with E-state index in [1.807, 2.05) is 27.7 Å². The number of nitrogens with zero attached hydrogens (tertiary/aromatic N) is 1. The van der Waals surface area contributed by atoms with Crippen molar-refractivity contribution in [3.8, 4) is 17.6 Å². The van der Waals surface area contributed by atoms with Crippen LogP contribution in [-0.2, 0) is 6.18 Å². The molecule has 0 saturated heterocycles. The van der Waals surface area contributed by atoms with E-state index in [2.05, 4.69) is 16.8 Å². The van der Waals surface area contributed by atoms with Gasteiger partial charge in [0.05, 0.1) is 12.3 Å². The smallest absolute Gasteiger partial charge is 0.420 e. The average Bonchev–Trinajstić information content (AvgIpc) is 2.50. The second-order valence-corrected chi connectivity index (χ2v) is 8.56. The first-order valence-corrected chi connectivity index (χ1v) is 8.87. The molecular weight excluding hydrogens is 359 g/mol. The third-order valence-corrected chi connectivity index (χ3v) is 4.41. The number of hydrogen-bond donors (Lipinski definition) is 2. The van der Waals surface area contributed by atoms with E-state index < -0.39 is 29.4 Å². The van der Waals surface area contributed by atoms with Gasteiger partial charge in [0, 0.05) is 24.9 Å². The molecular formula is C20H26F3NO3. The first-order valence-electron chi connectivity index (χ1n) is 8.87. The van der Waals surface area contributed by atoms with Crippen molar-refractivity contribution in [1.29, 1.82) is 0 Å². The summed E-state index contributed by atoms with van der Waals surface area (Å²) in [5.41, 5.74) is -1.74. The van der Waals surface area contributed by atoms with Crippen molar-refractivity contribution < 1.29 is 28.1 Å². The number of hydrogen-bond acceptors (Lipinski definition) is 4. The van der Waals surface area contributed by atoms with Crippen molar-refractivity contribution in [3.63, 3.8) is 0 Å². The molecule has 0 unspecified atom stereocenters. The number of aliphatic hydroxyl groups is 2. The third kappa shape index (κ3) is 6.12. The first-order chi connectivity index (χ1) is 12.3. The zero-order valence-corrected chi connectivity index (χ0v) is 16.0. The normalized spacial score (nSPS) is 20.5. The lowest BCUT2D eigenvalue weighted by Crippen LogP contribution is -2.37. The van der Waals surface area contributed by atoms with Crippen LogP contribution in [0.1, 0.15) is 58.2 Å². The van der Waals surface area contributed by atoms with Crippen molar-refractivity contribution in [2.45, 2.75) is 65.3 Å². The summed E-state index contributed by atoms with van der Waals surface area (Å²) in [6.45, 7) is 7.55. The number of pyridine rings is 1. The van der Waals surface area contributed by atoms with Crippen molar-refractivity contribution in [2.75, 3.05) is 6.61 Å². The second kappa shape index (κ2) is 7.69. The minimum absolute atomic E-state index is 0.00349. The Morgan fingerprint density at radius 2 is 1.85 bits per heavy atom. The maximum absolute atomic E-state index is 13.4. The van der Waals surface area contributed by atoms with Gasteiger partial charge in [0.25, 0.3) is 0 Å². The number of aliphatic hydroxyl groups excluding tert-OH is 2. The lowest BCUT2D eigenvalue weighted by Gasteiger charge is -2.32. The number of ether oxygens (including phenoxy) is 1. The SMILES string of the molecule is CC(C)(C#Cc1cc(C(F)(F)F)c(OC2CC(O)C2)cn1)CC(C)(C)CO. The van der Waals surface area contributed by atoms with Gasteiger partial charge in [-0.05, 0) is 37.7 Å². The van der Waals surface area contributed by atoms with E-state index in [-0.39, 0.29) is 23.5 Å². The van der Waals surface area contributed by atoms with Crippen LogP contribution in [0.4, 0.5) is 13.2 Å². The topological polar surface area (TPSA) is 62.6 Å². The molecule has 0 spiro atoms. The Balaban J connectivity index is 2.24. The number of rotatable bonds is 5. The van der Waals surface area contributed by atoms with Crippen molar-refractivity contribution in [1.82, 2.24) is 4.98 Å². The Bertz CT molecular complexity index is 726. The summed E-state index contributed by atoms with van der Waals surface area (Å²) in [7, 11) is 0. The van der Waals surface area contributed by atoms with Gasteiger partial charge in [0.2, 0.25) is 0 Å². The maximum atomic E-state index is 13.4.